The molecule has 0 bridgehead atoms. The highest BCUT2D eigenvalue weighted by molar-refractivity contribution is 9.11. The minimum Gasteiger partial charge on any atom is -0.489 e. The number of aliphatic hydroxyl groups excluding tert-OH is 1. The van der Waals surface area contributed by atoms with Gasteiger partial charge in [0.2, 0.25) is 0 Å². The lowest BCUT2D eigenvalue weighted by atomic mass is 10.0. The first kappa shape index (κ1) is 19.9. The van der Waals surface area contributed by atoms with Gasteiger partial charge in [-0.3, -0.25) is 9.69 Å². The van der Waals surface area contributed by atoms with Gasteiger partial charge in [0.15, 0.2) is 0 Å². The summed E-state index contributed by atoms with van der Waals surface area (Å²) in [5.41, 5.74) is 4.09. The maximum atomic E-state index is 13.3. The maximum Gasteiger partial charge on any atom is 0.263 e. The lowest BCUT2D eigenvalue weighted by Gasteiger charge is -2.16. The summed E-state index contributed by atoms with van der Waals surface area (Å²) in [5.74, 6) is 0.551. The second kappa shape index (κ2) is 8.53. The van der Waals surface area contributed by atoms with Crippen LogP contribution < -0.4 is 9.64 Å². The largest absolute Gasteiger partial charge is 0.489 e. The van der Waals surface area contributed by atoms with E-state index in [0.717, 1.165) is 31.4 Å². The van der Waals surface area contributed by atoms with Crippen molar-refractivity contribution in [2.75, 3.05) is 18.1 Å². The number of halogens is 2. The van der Waals surface area contributed by atoms with Gasteiger partial charge in [-0.25, -0.2) is 0 Å². The Bertz CT molecular complexity index is 1070. The molecular formula is C23H17Br2NO3. The first-order chi connectivity index (χ1) is 14.1. The number of fused-ring (bicyclic) bond motifs is 1. The highest BCUT2D eigenvalue weighted by Gasteiger charge is 2.33. The van der Waals surface area contributed by atoms with Gasteiger partial charge in [-0.15, -0.1) is 0 Å². The Labute approximate surface area is 185 Å². The molecule has 0 saturated heterocycles. The van der Waals surface area contributed by atoms with Crippen LogP contribution in [-0.2, 0) is 4.79 Å². The van der Waals surface area contributed by atoms with E-state index in [1.807, 2.05) is 72.8 Å². The number of hydrogen-bond acceptors (Lipinski definition) is 3. The third-order valence-electron chi connectivity index (χ3n) is 4.55. The van der Waals surface area contributed by atoms with Gasteiger partial charge in [-0.2, -0.15) is 0 Å². The lowest BCUT2D eigenvalue weighted by Crippen LogP contribution is -2.20. The number of carbonyl (C=O) groups is 1. The molecule has 1 amide bonds. The Morgan fingerprint density at radius 2 is 1.62 bits per heavy atom. The molecule has 4 rings (SSSR count). The van der Waals surface area contributed by atoms with Gasteiger partial charge in [0.1, 0.15) is 12.4 Å². The molecule has 1 aliphatic rings. The average Bonchev–Trinajstić information content (AvgIpc) is 3.00. The number of nitrogens with zero attached hydrogens (tertiary/aromatic N) is 1. The van der Waals surface area contributed by atoms with E-state index >= 15 is 0 Å². The molecule has 6 heteroatoms. The molecule has 3 aromatic carbocycles. The smallest absolute Gasteiger partial charge is 0.263 e. The van der Waals surface area contributed by atoms with Crippen molar-refractivity contribution in [2.24, 2.45) is 0 Å². The van der Waals surface area contributed by atoms with Gasteiger partial charge in [-0.1, -0.05) is 36.4 Å². The first-order valence-electron chi connectivity index (χ1n) is 9.03. The van der Waals surface area contributed by atoms with E-state index in [1.165, 1.54) is 0 Å². The van der Waals surface area contributed by atoms with Crippen LogP contribution in [0.4, 0.5) is 11.4 Å². The second-order valence-electron chi connectivity index (χ2n) is 6.44. The molecule has 0 aromatic heterocycles. The van der Waals surface area contributed by atoms with Crippen molar-refractivity contribution in [3.05, 3.63) is 86.8 Å². The summed E-state index contributed by atoms with van der Waals surface area (Å²) < 4.78 is 7.04. The van der Waals surface area contributed by atoms with Crippen LogP contribution in [0, 0.1) is 0 Å². The summed E-state index contributed by atoms with van der Waals surface area (Å²) >= 11 is 7.02. The fourth-order valence-electron chi connectivity index (χ4n) is 3.33. The summed E-state index contributed by atoms with van der Waals surface area (Å²) in [6.45, 7) is 0.140. The van der Waals surface area contributed by atoms with Gasteiger partial charge >= 0.3 is 0 Å². The van der Waals surface area contributed by atoms with Crippen molar-refractivity contribution < 1.29 is 14.6 Å². The zero-order valence-electron chi connectivity index (χ0n) is 15.3. The summed E-state index contributed by atoms with van der Waals surface area (Å²) in [6.07, 6.45) is 1.88. The molecule has 0 unspecified atom stereocenters. The number of benzene rings is 3. The van der Waals surface area contributed by atoms with Crippen molar-refractivity contribution in [2.45, 2.75) is 0 Å². The van der Waals surface area contributed by atoms with E-state index in [4.69, 9.17) is 9.84 Å². The summed E-state index contributed by atoms with van der Waals surface area (Å²) in [7, 11) is 0. The normalized spacial score (nSPS) is 14.4. The fraction of sp³-hybridized carbons (Fsp3) is 0.0870. The highest BCUT2D eigenvalue weighted by atomic mass is 79.9. The number of amides is 1. The predicted molar refractivity (Wildman–Crippen MR) is 122 cm³/mol. The number of ether oxygens (including phenoxy) is 1. The van der Waals surface area contributed by atoms with E-state index in [0.29, 0.717) is 11.3 Å². The number of aliphatic hydroxyl groups is 1. The molecule has 3 aromatic rings. The minimum absolute atomic E-state index is 0.0642. The molecule has 29 heavy (non-hydrogen) atoms. The van der Waals surface area contributed by atoms with Crippen LogP contribution in [0.5, 0.6) is 5.75 Å². The van der Waals surface area contributed by atoms with Gasteiger partial charge < -0.3 is 9.84 Å². The van der Waals surface area contributed by atoms with Crippen LogP contribution >= 0.6 is 31.9 Å². The van der Waals surface area contributed by atoms with Gasteiger partial charge in [0, 0.05) is 11.3 Å². The molecule has 0 fully saturated rings. The monoisotopic (exact) mass is 513 g/mol. The lowest BCUT2D eigenvalue weighted by molar-refractivity contribution is -0.112. The molecule has 0 atom stereocenters. The van der Waals surface area contributed by atoms with Crippen LogP contribution in [0.15, 0.2) is 75.7 Å². The fourth-order valence-corrected chi connectivity index (χ4v) is 4.78. The van der Waals surface area contributed by atoms with E-state index < -0.39 is 0 Å². The Hall–Kier alpha value is -2.41. The Morgan fingerprint density at radius 3 is 2.31 bits per heavy atom. The first-order valence-corrected chi connectivity index (χ1v) is 10.6. The van der Waals surface area contributed by atoms with E-state index in [1.54, 1.807) is 4.90 Å². The van der Waals surface area contributed by atoms with Gasteiger partial charge in [0.25, 0.3) is 5.91 Å². The van der Waals surface area contributed by atoms with E-state index in [2.05, 4.69) is 31.9 Å². The molecule has 0 aliphatic carbocycles. The standard InChI is InChI=1S/C23H17Br2NO3/c24-19-13-15(14-20(25)22(19)29-11-10-27)12-18-17-8-4-5-9-21(17)26(23(18)28)16-6-2-1-3-7-16/h1-9,12-14,27H,10-11H2/b18-12-. The molecule has 1 aliphatic heterocycles. The molecule has 4 nitrogen and oxygen atoms in total. The number of carbonyl (C=O) groups excluding carboxylic acids is 1. The molecule has 0 saturated carbocycles. The summed E-state index contributed by atoms with van der Waals surface area (Å²) in [4.78, 5) is 15.1. The third-order valence-corrected chi connectivity index (χ3v) is 5.73. The SMILES string of the molecule is O=C1/C(=C\c2cc(Br)c(OCCO)c(Br)c2)c2ccccc2N1c1ccccc1. The molecule has 0 radical (unpaired) electrons. The van der Waals surface area contributed by atoms with Crippen LogP contribution in [0.25, 0.3) is 11.6 Å². The minimum atomic E-state index is -0.0646. The zero-order chi connectivity index (χ0) is 20.4. The Balaban J connectivity index is 1.77. The number of para-hydroxylation sites is 2. The van der Waals surface area contributed by atoms with Gasteiger partial charge in [-0.05, 0) is 73.8 Å². The van der Waals surface area contributed by atoms with Crippen molar-refractivity contribution >= 4 is 60.8 Å². The highest BCUT2D eigenvalue weighted by Crippen LogP contribution is 2.43. The van der Waals surface area contributed by atoms with Crippen molar-refractivity contribution in [3.63, 3.8) is 0 Å². The van der Waals surface area contributed by atoms with E-state index in [9.17, 15) is 4.79 Å². The van der Waals surface area contributed by atoms with Crippen molar-refractivity contribution in [1.82, 2.24) is 0 Å². The topological polar surface area (TPSA) is 49.8 Å². The number of hydrogen-bond donors (Lipinski definition) is 1. The van der Waals surface area contributed by atoms with Gasteiger partial charge in [0.05, 0.1) is 26.8 Å². The predicted octanol–water partition coefficient (Wildman–Crippen LogP) is 5.80. The van der Waals surface area contributed by atoms with E-state index in [-0.39, 0.29) is 19.1 Å². The van der Waals surface area contributed by atoms with Crippen molar-refractivity contribution in [3.8, 4) is 5.75 Å². The quantitative estimate of drug-likeness (QED) is 0.437. The second-order valence-corrected chi connectivity index (χ2v) is 8.15. The van der Waals surface area contributed by atoms with Crippen LogP contribution in [0.3, 0.4) is 0 Å². The number of rotatable bonds is 5. The molecule has 0 spiro atoms. The molecule has 1 N–H and O–H groups in total. The molecule has 1 heterocycles. The third kappa shape index (κ3) is 3.88. The van der Waals surface area contributed by atoms with Crippen molar-refractivity contribution in [1.29, 1.82) is 0 Å². The maximum absolute atomic E-state index is 13.3. The summed E-state index contributed by atoms with van der Waals surface area (Å²) in [6, 6.07) is 21.2. The van der Waals surface area contributed by atoms with Crippen LogP contribution in [0.2, 0.25) is 0 Å². The molecular weight excluding hydrogens is 498 g/mol. The summed E-state index contributed by atoms with van der Waals surface area (Å²) in [5, 5.41) is 8.99. The Morgan fingerprint density at radius 1 is 0.966 bits per heavy atom. The van der Waals surface area contributed by atoms with Crippen LogP contribution in [-0.4, -0.2) is 24.2 Å². The van der Waals surface area contributed by atoms with Crippen LogP contribution in [0.1, 0.15) is 11.1 Å². The number of anilines is 2. The zero-order valence-corrected chi connectivity index (χ0v) is 18.5. The Kier molecular flexibility index (Phi) is 5.85. The molecule has 146 valence electrons. The average molecular weight is 515 g/mol.